The maximum Gasteiger partial charge on any atom is 0.265 e. The van der Waals surface area contributed by atoms with Crippen LogP contribution in [-0.4, -0.2) is 74.4 Å². The van der Waals surface area contributed by atoms with E-state index in [1.54, 1.807) is 6.07 Å². The summed E-state index contributed by atoms with van der Waals surface area (Å²) in [5.74, 6) is -0.194. The standard InChI is InChI=1S/C18H24N4O5/c1-26-13-9-11-12(10-14(13)27-2)21-18(25)15(16(11)23)17(24)20-5-8-22-6-3-19-4-7-22/h9-10,19H,3-8H2,1-2H3,(H,20,24)(H2,21,23,25). The fraction of sp³-hybridized carbons (Fsp3) is 0.444. The van der Waals surface area contributed by atoms with Crippen LogP contribution in [0.25, 0.3) is 10.9 Å². The highest BCUT2D eigenvalue weighted by molar-refractivity contribution is 6.02. The molecule has 0 aliphatic carbocycles. The van der Waals surface area contributed by atoms with E-state index in [0.29, 0.717) is 35.5 Å². The number of aromatic nitrogens is 1. The Labute approximate surface area is 156 Å². The summed E-state index contributed by atoms with van der Waals surface area (Å²) in [6, 6.07) is 3.07. The number of aromatic hydroxyl groups is 1. The highest BCUT2D eigenvalue weighted by Crippen LogP contribution is 2.35. The van der Waals surface area contributed by atoms with Crippen LogP contribution in [0, 0.1) is 0 Å². The van der Waals surface area contributed by atoms with Gasteiger partial charge in [-0.25, -0.2) is 0 Å². The monoisotopic (exact) mass is 376 g/mol. The van der Waals surface area contributed by atoms with E-state index >= 15 is 0 Å². The molecule has 0 radical (unpaired) electrons. The number of ether oxygens (including phenoxy) is 2. The van der Waals surface area contributed by atoms with Gasteiger partial charge in [-0.05, 0) is 6.07 Å². The molecule has 4 N–H and O–H groups in total. The zero-order chi connectivity index (χ0) is 19.4. The number of pyridine rings is 1. The minimum absolute atomic E-state index is 0.305. The molecular formula is C18H24N4O5. The number of benzene rings is 1. The Morgan fingerprint density at radius 3 is 2.56 bits per heavy atom. The Balaban J connectivity index is 1.82. The molecule has 0 unspecified atom stereocenters. The topological polar surface area (TPSA) is 116 Å². The normalized spacial score (nSPS) is 14.9. The molecule has 146 valence electrons. The van der Waals surface area contributed by atoms with Gasteiger partial charge in [-0.2, -0.15) is 0 Å². The van der Waals surface area contributed by atoms with Crippen molar-refractivity contribution in [3.8, 4) is 17.2 Å². The van der Waals surface area contributed by atoms with Gasteiger partial charge >= 0.3 is 0 Å². The van der Waals surface area contributed by atoms with Crippen molar-refractivity contribution in [2.75, 3.05) is 53.5 Å². The van der Waals surface area contributed by atoms with Crippen LogP contribution in [0.15, 0.2) is 16.9 Å². The van der Waals surface area contributed by atoms with E-state index in [-0.39, 0.29) is 11.3 Å². The molecule has 2 aromatic rings. The molecule has 3 rings (SSSR count). The van der Waals surface area contributed by atoms with Crippen LogP contribution in [0.1, 0.15) is 10.4 Å². The van der Waals surface area contributed by atoms with E-state index in [4.69, 9.17) is 9.47 Å². The summed E-state index contributed by atoms with van der Waals surface area (Å²) in [6.07, 6.45) is 0. The third kappa shape index (κ3) is 3.99. The van der Waals surface area contributed by atoms with Gasteiger partial charge in [-0.1, -0.05) is 0 Å². The van der Waals surface area contributed by atoms with Crippen molar-refractivity contribution in [1.82, 2.24) is 20.5 Å². The lowest BCUT2D eigenvalue weighted by molar-refractivity contribution is 0.0943. The predicted molar refractivity (Wildman–Crippen MR) is 101 cm³/mol. The number of hydrogen-bond acceptors (Lipinski definition) is 7. The molecule has 1 amide bonds. The molecule has 0 bridgehead atoms. The largest absolute Gasteiger partial charge is 0.506 e. The molecule has 1 aliphatic rings. The van der Waals surface area contributed by atoms with Crippen molar-refractivity contribution in [3.05, 3.63) is 28.0 Å². The maximum atomic E-state index is 12.5. The number of nitrogens with one attached hydrogen (secondary N) is 3. The first kappa shape index (κ1) is 19.0. The van der Waals surface area contributed by atoms with Gasteiger partial charge in [0, 0.05) is 50.7 Å². The van der Waals surface area contributed by atoms with Crippen molar-refractivity contribution in [2.45, 2.75) is 0 Å². The zero-order valence-electron chi connectivity index (χ0n) is 15.4. The van der Waals surface area contributed by atoms with Crippen molar-refractivity contribution in [1.29, 1.82) is 0 Å². The number of rotatable bonds is 6. The molecule has 27 heavy (non-hydrogen) atoms. The molecule has 1 saturated heterocycles. The molecule has 0 spiro atoms. The molecule has 1 aromatic heterocycles. The number of carbonyl (C=O) groups excluding carboxylic acids is 1. The smallest absolute Gasteiger partial charge is 0.265 e. The molecule has 9 heteroatoms. The molecule has 9 nitrogen and oxygen atoms in total. The highest BCUT2D eigenvalue weighted by atomic mass is 16.5. The molecule has 1 aliphatic heterocycles. The van der Waals surface area contributed by atoms with Gasteiger partial charge in [-0.3, -0.25) is 14.5 Å². The van der Waals surface area contributed by atoms with Gasteiger partial charge in [-0.15, -0.1) is 0 Å². The number of hydrogen-bond donors (Lipinski definition) is 4. The Hall–Kier alpha value is -2.78. The van der Waals surface area contributed by atoms with Crippen molar-refractivity contribution >= 4 is 16.8 Å². The molecule has 1 aromatic carbocycles. The van der Waals surface area contributed by atoms with Crippen molar-refractivity contribution < 1.29 is 19.4 Å². The summed E-state index contributed by atoms with van der Waals surface area (Å²) < 4.78 is 10.4. The van der Waals surface area contributed by atoms with Crippen LogP contribution in [0.2, 0.25) is 0 Å². The lowest BCUT2D eigenvalue weighted by Crippen LogP contribution is -2.46. The van der Waals surface area contributed by atoms with E-state index in [1.807, 2.05) is 0 Å². The number of carbonyl (C=O) groups is 1. The van der Waals surface area contributed by atoms with Crippen LogP contribution >= 0.6 is 0 Å². The van der Waals surface area contributed by atoms with E-state index < -0.39 is 11.5 Å². The Morgan fingerprint density at radius 2 is 1.89 bits per heavy atom. The van der Waals surface area contributed by atoms with E-state index in [9.17, 15) is 14.7 Å². The van der Waals surface area contributed by atoms with Gasteiger partial charge < -0.3 is 30.2 Å². The van der Waals surface area contributed by atoms with Gasteiger partial charge in [0.15, 0.2) is 11.5 Å². The van der Waals surface area contributed by atoms with Crippen molar-refractivity contribution in [2.24, 2.45) is 0 Å². The second-order valence-corrected chi connectivity index (χ2v) is 6.28. The molecule has 0 saturated carbocycles. The van der Waals surface area contributed by atoms with Gasteiger partial charge in [0.25, 0.3) is 11.5 Å². The van der Waals surface area contributed by atoms with Crippen LogP contribution in [0.4, 0.5) is 0 Å². The molecule has 0 atom stereocenters. The Kier molecular flexibility index (Phi) is 5.82. The summed E-state index contributed by atoms with van der Waals surface area (Å²) in [5, 5.41) is 16.8. The first-order valence-electron chi connectivity index (χ1n) is 8.77. The Bertz CT molecular complexity index is 889. The van der Waals surface area contributed by atoms with Crippen LogP contribution < -0.4 is 25.7 Å². The van der Waals surface area contributed by atoms with Gasteiger partial charge in [0.1, 0.15) is 11.3 Å². The predicted octanol–water partition coefficient (Wildman–Crippen LogP) is -0.114. The van der Waals surface area contributed by atoms with E-state index in [1.165, 1.54) is 20.3 Å². The number of nitrogens with zero attached hydrogens (tertiary/aromatic N) is 1. The number of methoxy groups -OCH3 is 2. The lowest BCUT2D eigenvalue weighted by atomic mass is 10.1. The van der Waals surface area contributed by atoms with E-state index in [2.05, 4.69) is 20.5 Å². The van der Waals surface area contributed by atoms with Gasteiger partial charge in [0.2, 0.25) is 0 Å². The highest BCUT2D eigenvalue weighted by Gasteiger charge is 2.21. The van der Waals surface area contributed by atoms with Crippen LogP contribution in [0.5, 0.6) is 17.2 Å². The first-order chi connectivity index (χ1) is 13.0. The van der Waals surface area contributed by atoms with Crippen LogP contribution in [0.3, 0.4) is 0 Å². The maximum absolute atomic E-state index is 12.5. The Morgan fingerprint density at radius 1 is 1.22 bits per heavy atom. The SMILES string of the molecule is COc1cc2[nH]c(=O)c(C(=O)NCCN3CCNCC3)c(O)c2cc1OC. The average Bonchev–Trinajstić information content (AvgIpc) is 2.68. The van der Waals surface area contributed by atoms with Crippen molar-refractivity contribution in [3.63, 3.8) is 0 Å². The van der Waals surface area contributed by atoms with Crippen LogP contribution in [-0.2, 0) is 0 Å². The number of aromatic amines is 1. The zero-order valence-corrected chi connectivity index (χ0v) is 15.4. The summed E-state index contributed by atoms with van der Waals surface area (Å²) >= 11 is 0. The number of amides is 1. The minimum atomic E-state index is -0.660. The third-order valence-corrected chi connectivity index (χ3v) is 4.64. The van der Waals surface area contributed by atoms with Gasteiger partial charge in [0.05, 0.1) is 19.7 Å². The fourth-order valence-electron chi connectivity index (χ4n) is 3.17. The molecular weight excluding hydrogens is 352 g/mol. The first-order valence-corrected chi connectivity index (χ1v) is 8.77. The molecule has 1 fully saturated rings. The quantitative estimate of drug-likeness (QED) is 0.556. The number of fused-ring (bicyclic) bond motifs is 1. The summed E-state index contributed by atoms with van der Waals surface area (Å²) in [4.78, 5) is 29.7. The lowest BCUT2D eigenvalue weighted by Gasteiger charge is -2.27. The number of H-pyrrole nitrogens is 1. The van der Waals surface area contributed by atoms with E-state index in [0.717, 1.165) is 26.2 Å². The summed E-state index contributed by atoms with van der Waals surface area (Å²) in [7, 11) is 2.94. The summed E-state index contributed by atoms with van der Waals surface area (Å²) in [6.45, 7) is 4.75. The summed E-state index contributed by atoms with van der Waals surface area (Å²) in [5.41, 5.74) is -0.616. The average molecular weight is 376 g/mol. The third-order valence-electron chi connectivity index (χ3n) is 4.64. The number of piperazine rings is 1. The minimum Gasteiger partial charge on any atom is -0.506 e. The fourth-order valence-corrected chi connectivity index (χ4v) is 3.17. The molecule has 2 heterocycles. The second kappa shape index (κ2) is 8.28. The second-order valence-electron chi connectivity index (χ2n) is 6.28.